The van der Waals surface area contributed by atoms with Gasteiger partial charge in [0.05, 0.1) is 21.3 Å². The number of carboxylic acid groups (broad SMARTS) is 1. The van der Waals surface area contributed by atoms with Crippen LogP contribution < -0.4 is 5.32 Å². The van der Waals surface area contributed by atoms with Crippen LogP contribution >= 0.6 is 0 Å². The van der Waals surface area contributed by atoms with Gasteiger partial charge in [0, 0.05) is 18.4 Å². The van der Waals surface area contributed by atoms with E-state index in [2.05, 4.69) is 5.32 Å². The molecule has 0 heterocycles. The van der Waals surface area contributed by atoms with E-state index >= 15 is 0 Å². The molecule has 0 fully saturated rings. The Balaban J connectivity index is 2.42. The number of benzene rings is 2. The second-order valence-electron chi connectivity index (χ2n) is 4.59. The van der Waals surface area contributed by atoms with Crippen molar-refractivity contribution in [2.75, 3.05) is 0 Å². The summed E-state index contributed by atoms with van der Waals surface area (Å²) in [5.41, 5.74) is 0.700. The lowest BCUT2D eigenvalue weighted by Crippen LogP contribution is -2.20. The summed E-state index contributed by atoms with van der Waals surface area (Å²) in [6.45, 7) is 1.64. The van der Waals surface area contributed by atoms with E-state index in [9.17, 15) is 18.9 Å². The highest BCUT2D eigenvalue weighted by Crippen LogP contribution is 2.23. The molecule has 2 N–H and O–H groups in total. The van der Waals surface area contributed by atoms with Crippen LogP contribution in [0.5, 0.6) is 0 Å². The SMILES string of the molecule is CC(=O)NCc1ccccc1[S@@](=O)c1ccccc1C(=O)O. The molecule has 0 spiro atoms. The normalized spacial score (nSPS) is 11.7. The molecule has 2 aromatic rings. The Labute approximate surface area is 130 Å². The van der Waals surface area contributed by atoms with Gasteiger partial charge in [-0.2, -0.15) is 0 Å². The largest absolute Gasteiger partial charge is 0.478 e. The molecule has 0 aliphatic carbocycles. The smallest absolute Gasteiger partial charge is 0.336 e. The molecule has 6 heteroatoms. The monoisotopic (exact) mass is 317 g/mol. The first kappa shape index (κ1) is 15.9. The van der Waals surface area contributed by atoms with Gasteiger partial charge in [-0.25, -0.2) is 9.00 Å². The van der Waals surface area contributed by atoms with Gasteiger partial charge in [0.25, 0.3) is 0 Å². The molecule has 0 radical (unpaired) electrons. The number of hydrogen-bond donors (Lipinski definition) is 2. The lowest BCUT2D eigenvalue weighted by atomic mass is 10.2. The van der Waals surface area contributed by atoms with E-state index in [-0.39, 0.29) is 22.9 Å². The van der Waals surface area contributed by atoms with Gasteiger partial charge in [-0.05, 0) is 23.8 Å². The van der Waals surface area contributed by atoms with E-state index in [0.717, 1.165) is 0 Å². The van der Waals surface area contributed by atoms with Crippen LogP contribution in [0.1, 0.15) is 22.8 Å². The van der Waals surface area contributed by atoms with Gasteiger partial charge in [0.1, 0.15) is 0 Å². The number of amides is 1. The van der Waals surface area contributed by atoms with Crippen LogP contribution in [0.3, 0.4) is 0 Å². The number of nitrogens with one attached hydrogen (secondary N) is 1. The van der Waals surface area contributed by atoms with Gasteiger partial charge in [-0.1, -0.05) is 30.3 Å². The summed E-state index contributed by atoms with van der Waals surface area (Å²) in [5.74, 6) is -1.31. The molecule has 2 rings (SSSR count). The molecule has 0 aromatic heterocycles. The number of hydrogen-bond acceptors (Lipinski definition) is 3. The van der Waals surface area contributed by atoms with Crippen LogP contribution in [0, 0.1) is 0 Å². The molecule has 22 heavy (non-hydrogen) atoms. The molecule has 5 nitrogen and oxygen atoms in total. The highest BCUT2D eigenvalue weighted by atomic mass is 32.2. The highest BCUT2D eigenvalue weighted by Gasteiger charge is 2.18. The van der Waals surface area contributed by atoms with Crippen LogP contribution in [-0.2, 0) is 22.1 Å². The number of carbonyl (C=O) groups is 2. The van der Waals surface area contributed by atoms with Crippen LogP contribution in [0.2, 0.25) is 0 Å². The maximum Gasteiger partial charge on any atom is 0.336 e. The summed E-state index contributed by atoms with van der Waals surface area (Å²) < 4.78 is 12.8. The molecular formula is C16H15NO4S. The van der Waals surface area contributed by atoms with Crippen molar-refractivity contribution in [3.05, 3.63) is 59.7 Å². The van der Waals surface area contributed by atoms with Gasteiger partial charge in [-0.15, -0.1) is 0 Å². The number of rotatable bonds is 5. The average Bonchev–Trinajstić information content (AvgIpc) is 2.52. The maximum absolute atomic E-state index is 12.8. The topological polar surface area (TPSA) is 83.5 Å². The van der Waals surface area contributed by atoms with Crippen LogP contribution in [-0.4, -0.2) is 21.2 Å². The fourth-order valence-corrected chi connectivity index (χ4v) is 3.35. The third-order valence-corrected chi connectivity index (χ3v) is 4.57. The van der Waals surface area contributed by atoms with Gasteiger partial charge >= 0.3 is 5.97 Å². The zero-order valence-electron chi connectivity index (χ0n) is 11.9. The first-order chi connectivity index (χ1) is 10.5. The quantitative estimate of drug-likeness (QED) is 0.885. The van der Waals surface area contributed by atoms with E-state index in [4.69, 9.17) is 0 Å². The van der Waals surface area contributed by atoms with Crippen molar-refractivity contribution in [1.82, 2.24) is 5.32 Å². The Hall–Kier alpha value is -2.47. The van der Waals surface area contributed by atoms with Crippen LogP contribution in [0.15, 0.2) is 58.3 Å². The van der Waals surface area contributed by atoms with Crippen molar-refractivity contribution in [2.24, 2.45) is 0 Å². The van der Waals surface area contributed by atoms with Crippen molar-refractivity contribution in [2.45, 2.75) is 23.3 Å². The number of carbonyl (C=O) groups excluding carboxylic acids is 1. The molecule has 0 bridgehead atoms. The van der Waals surface area contributed by atoms with Gasteiger partial charge in [0.15, 0.2) is 0 Å². The number of carboxylic acids is 1. The fourth-order valence-electron chi connectivity index (χ4n) is 1.97. The lowest BCUT2D eigenvalue weighted by molar-refractivity contribution is -0.119. The molecule has 114 valence electrons. The van der Waals surface area contributed by atoms with Crippen molar-refractivity contribution in [1.29, 1.82) is 0 Å². The van der Waals surface area contributed by atoms with E-state index in [1.54, 1.807) is 36.4 Å². The minimum atomic E-state index is -1.64. The van der Waals surface area contributed by atoms with Crippen LogP contribution in [0.4, 0.5) is 0 Å². The second kappa shape index (κ2) is 7.00. The molecular weight excluding hydrogens is 302 g/mol. The minimum Gasteiger partial charge on any atom is -0.478 e. The molecule has 0 unspecified atom stereocenters. The summed E-state index contributed by atoms with van der Waals surface area (Å²) in [6.07, 6.45) is 0. The Bertz CT molecular complexity index is 742. The van der Waals surface area contributed by atoms with Gasteiger partial charge in [0.2, 0.25) is 5.91 Å². The standard InChI is InChI=1S/C16H15NO4S/c1-11(18)17-10-12-6-2-4-8-14(12)22(21)15-9-5-3-7-13(15)16(19)20/h2-9H,10H2,1H3,(H,17,18)(H,19,20)/t22-/m1/s1. The maximum atomic E-state index is 12.8. The Morgan fingerprint density at radius 2 is 1.64 bits per heavy atom. The highest BCUT2D eigenvalue weighted by molar-refractivity contribution is 7.85. The Morgan fingerprint density at radius 3 is 2.27 bits per heavy atom. The lowest BCUT2D eigenvalue weighted by Gasteiger charge is -2.11. The summed E-state index contributed by atoms with van der Waals surface area (Å²) in [6, 6.07) is 13.1. The zero-order valence-corrected chi connectivity index (χ0v) is 12.7. The van der Waals surface area contributed by atoms with Crippen molar-refractivity contribution in [3.8, 4) is 0 Å². The van der Waals surface area contributed by atoms with E-state index < -0.39 is 16.8 Å². The van der Waals surface area contributed by atoms with E-state index in [1.807, 2.05) is 0 Å². The molecule has 2 aromatic carbocycles. The average molecular weight is 317 g/mol. The van der Waals surface area contributed by atoms with Gasteiger partial charge in [-0.3, -0.25) is 4.79 Å². The van der Waals surface area contributed by atoms with Crippen molar-refractivity contribution >= 4 is 22.7 Å². The summed E-state index contributed by atoms with van der Waals surface area (Å²) in [5, 5.41) is 11.9. The first-order valence-corrected chi connectivity index (χ1v) is 7.72. The van der Waals surface area contributed by atoms with E-state index in [0.29, 0.717) is 10.5 Å². The second-order valence-corrected chi connectivity index (χ2v) is 6.00. The Morgan fingerprint density at radius 1 is 1.05 bits per heavy atom. The molecule has 0 aliphatic rings. The molecule has 0 saturated carbocycles. The number of aromatic carboxylic acids is 1. The molecule has 0 saturated heterocycles. The molecule has 1 atom stereocenters. The molecule has 0 aliphatic heterocycles. The predicted molar refractivity (Wildman–Crippen MR) is 82.0 cm³/mol. The zero-order chi connectivity index (χ0) is 16.1. The minimum absolute atomic E-state index is 0.00941. The summed E-state index contributed by atoms with van der Waals surface area (Å²) in [7, 11) is -1.64. The van der Waals surface area contributed by atoms with Crippen molar-refractivity contribution in [3.63, 3.8) is 0 Å². The third-order valence-electron chi connectivity index (χ3n) is 3.02. The fraction of sp³-hybridized carbons (Fsp3) is 0.125. The third kappa shape index (κ3) is 3.59. The van der Waals surface area contributed by atoms with Gasteiger partial charge < -0.3 is 10.4 Å². The van der Waals surface area contributed by atoms with E-state index in [1.165, 1.54) is 19.1 Å². The van der Waals surface area contributed by atoms with Crippen molar-refractivity contribution < 1.29 is 18.9 Å². The first-order valence-electron chi connectivity index (χ1n) is 6.57. The Kier molecular flexibility index (Phi) is 5.06. The molecule has 1 amide bonds. The predicted octanol–water partition coefficient (Wildman–Crippen LogP) is 2.19. The van der Waals surface area contributed by atoms with Crippen LogP contribution in [0.25, 0.3) is 0 Å². The summed E-state index contributed by atoms with van der Waals surface area (Å²) >= 11 is 0. The summed E-state index contributed by atoms with van der Waals surface area (Å²) in [4.78, 5) is 23.0.